The minimum Gasteiger partial charge on any atom is -0.173 e. The van der Waals surface area contributed by atoms with Crippen LogP contribution in [-0.2, 0) is 6.42 Å². The van der Waals surface area contributed by atoms with Gasteiger partial charge in [0.25, 0.3) is 0 Å². The summed E-state index contributed by atoms with van der Waals surface area (Å²) < 4.78 is 8.57. The highest BCUT2D eigenvalue weighted by Crippen LogP contribution is 2.25. The highest BCUT2D eigenvalue weighted by atomic mass is 32.1. The zero-order valence-electron chi connectivity index (χ0n) is 8.74. The third-order valence-electron chi connectivity index (χ3n) is 2.09. The molecular weight excluding hydrogens is 192 g/mol. The van der Waals surface area contributed by atoms with E-state index in [9.17, 15) is 0 Å². The summed E-state index contributed by atoms with van der Waals surface area (Å²) in [4.78, 5) is 0. The van der Waals surface area contributed by atoms with Gasteiger partial charge in [-0.25, -0.2) is 0 Å². The molecule has 1 heterocycles. The van der Waals surface area contributed by atoms with Crippen LogP contribution in [0.3, 0.4) is 0 Å². The van der Waals surface area contributed by atoms with Crippen LogP contribution in [0.2, 0.25) is 0 Å². The second kappa shape index (κ2) is 3.31. The number of hydrogen-bond donors (Lipinski definition) is 0. The van der Waals surface area contributed by atoms with Gasteiger partial charge in [0.1, 0.15) is 11.0 Å². The summed E-state index contributed by atoms with van der Waals surface area (Å²) in [7, 11) is 0. The van der Waals surface area contributed by atoms with Crippen molar-refractivity contribution in [2.75, 3.05) is 0 Å². The van der Waals surface area contributed by atoms with Crippen LogP contribution in [0, 0.1) is 5.41 Å². The lowest BCUT2D eigenvalue weighted by atomic mass is 9.88. The van der Waals surface area contributed by atoms with Crippen LogP contribution in [0.1, 0.15) is 26.3 Å². The first kappa shape index (κ1) is 9.59. The normalized spacial score (nSPS) is 12.2. The van der Waals surface area contributed by atoms with E-state index in [-0.39, 0.29) is 0 Å². The Morgan fingerprint density at radius 3 is 2.71 bits per heavy atom. The van der Waals surface area contributed by atoms with Crippen molar-refractivity contribution >= 4 is 22.8 Å². The maximum Gasteiger partial charge on any atom is 0.107 e. The van der Waals surface area contributed by atoms with E-state index in [0.29, 0.717) is 5.41 Å². The van der Waals surface area contributed by atoms with Crippen molar-refractivity contribution in [1.29, 1.82) is 0 Å². The van der Waals surface area contributed by atoms with Crippen LogP contribution in [0.5, 0.6) is 0 Å². The second-order valence-electron chi connectivity index (χ2n) is 4.79. The maximum atomic E-state index is 4.33. The third kappa shape index (κ3) is 1.93. The minimum absolute atomic E-state index is 0.303. The largest absolute Gasteiger partial charge is 0.173 e. The lowest BCUT2D eigenvalue weighted by Gasteiger charge is -2.17. The van der Waals surface area contributed by atoms with Gasteiger partial charge in [-0.2, -0.15) is 8.75 Å². The van der Waals surface area contributed by atoms with Crippen LogP contribution in [0.4, 0.5) is 0 Å². The lowest BCUT2D eigenvalue weighted by molar-refractivity contribution is 0.412. The van der Waals surface area contributed by atoms with Crippen molar-refractivity contribution < 1.29 is 0 Å². The Morgan fingerprint density at radius 1 is 1.21 bits per heavy atom. The molecule has 0 saturated carbocycles. The van der Waals surface area contributed by atoms with Gasteiger partial charge in [-0.05, 0) is 23.5 Å². The van der Waals surface area contributed by atoms with Gasteiger partial charge in [-0.3, -0.25) is 0 Å². The Morgan fingerprint density at radius 2 is 2.00 bits per heavy atom. The van der Waals surface area contributed by atoms with Crippen molar-refractivity contribution in [3.05, 3.63) is 23.8 Å². The Labute approximate surface area is 88.3 Å². The molecule has 0 spiro atoms. The molecular formula is C11H14N2S. The van der Waals surface area contributed by atoms with E-state index in [1.54, 1.807) is 0 Å². The fraction of sp³-hybridized carbons (Fsp3) is 0.455. The first-order chi connectivity index (χ1) is 6.56. The van der Waals surface area contributed by atoms with Crippen LogP contribution in [0.15, 0.2) is 18.2 Å². The number of aromatic nitrogens is 2. The molecule has 0 amide bonds. The predicted octanol–water partition coefficient (Wildman–Crippen LogP) is 3.28. The monoisotopic (exact) mass is 206 g/mol. The molecule has 74 valence electrons. The highest BCUT2D eigenvalue weighted by molar-refractivity contribution is 7.00. The van der Waals surface area contributed by atoms with Gasteiger partial charge in [0, 0.05) is 0 Å². The predicted molar refractivity (Wildman–Crippen MR) is 60.6 cm³/mol. The van der Waals surface area contributed by atoms with Crippen molar-refractivity contribution in [1.82, 2.24) is 8.75 Å². The van der Waals surface area contributed by atoms with Crippen LogP contribution in [0.25, 0.3) is 11.0 Å². The molecule has 0 fully saturated rings. The van der Waals surface area contributed by atoms with Gasteiger partial charge < -0.3 is 0 Å². The minimum atomic E-state index is 0.303. The molecule has 0 atom stereocenters. The third-order valence-corrected chi connectivity index (χ3v) is 2.63. The number of rotatable bonds is 1. The topological polar surface area (TPSA) is 25.8 Å². The number of nitrogens with zero attached hydrogens (tertiary/aromatic N) is 2. The molecule has 0 aliphatic rings. The molecule has 0 aliphatic heterocycles. The van der Waals surface area contributed by atoms with Crippen LogP contribution >= 0.6 is 11.7 Å². The summed E-state index contributed by atoms with van der Waals surface area (Å²) >= 11 is 1.29. The molecule has 3 heteroatoms. The molecule has 2 aromatic rings. The van der Waals surface area contributed by atoms with E-state index in [2.05, 4.69) is 41.7 Å². The van der Waals surface area contributed by atoms with Gasteiger partial charge in [-0.15, -0.1) is 0 Å². The van der Waals surface area contributed by atoms with E-state index in [1.807, 2.05) is 6.07 Å². The van der Waals surface area contributed by atoms with Crippen molar-refractivity contribution in [3.63, 3.8) is 0 Å². The molecule has 2 nitrogen and oxygen atoms in total. The quantitative estimate of drug-likeness (QED) is 0.715. The Kier molecular flexibility index (Phi) is 2.27. The van der Waals surface area contributed by atoms with Crippen molar-refractivity contribution in [2.45, 2.75) is 27.2 Å². The summed E-state index contributed by atoms with van der Waals surface area (Å²) in [5, 5.41) is 0. The zero-order chi connectivity index (χ0) is 10.2. The van der Waals surface area contributed by atoms with Crippen LogP contribution < -0.4 is 0 Å². The molecule has 0 saturated heterocycles. The highest BCUT2D eigenvalue weighted by Gasteiger charge is 2.14. The van der Waals surface area contributed by atoms with Gasteiger partial charge in [0.05, 0.1) is 11.7 Å². The van der Waals surface area contributed by atoms with E-state index in [0.717, 1.165) is 17.5 Å². The number of fused-ring (bicyclic) bond motifs is 1. The summed E-state index contributed by atoms with van der Waals surface area (Å²) in [5.74, 6) is 0. The van der Waals surface area contributed by atoms with Gasteiger partial charge in [0.2, 0.25) is 0 Å². The van der Waals surface area contributed by atoms with E-state index in [1.165, 1.54) is 17.3 Å². The average molecular weight is 206 g/mol. The molecule has 2 rings (SSSR count). The molecule has 1 aromatic heterocycles. The summed E-state index contributed by atoms with van der Waals surface area (Å²) in [6.45, 7) is 6.73. The fourth-order valence-corrected chi connectivity index (χ4v) is 2.14. The Balaban J connectivity index is 2.46. The Hall–Kier alpha value is -0.960. The molecule has 0 unspecified atom stereocenters. The summed E-state index contributed by atoms with van der Waals surface area (Å²) in [6, 6.07) is 6.23. The van der Waals surface area contributed by atoms with E-state index < -0.39 is 0 Å². The zero-order valence-corrected chi connectivity index (χ0v) is 9.56. The molecule has 0 bridgehead atoms. The number of hydrogen-bond acceptors (Lipinski definition) is 3. The lowest BCUT2D eigenvalue weighted by Crippen LogP contribution is -2.09. The molecule has 0 aliphatic carbocycles. The smallest absolute Gasteiger partial charge is 0.107 e. The SMILES string of the molecule is CC(C)(C)Cc1cccc2nsnc12. The maximum absolute atomic E-state index is 4.33. The van der Waals surface area contributed by atoms with Gasteiger partial charge >= 0.3 is 0 Å². The first-order valence-corrected chi connectivity index (χ1v) is 5.49. The molecule has 14 heavy (non-hydrogen) atoms. The first-order valence-electron chi connectivity index (χ1n) is 4.76. The number of benzene rings is 1. The van der Waals surface area contributed by atoms with E-state index >= 15 is 0 Å². The Bertz CT molecular complexity index is 440. The molecule has 0 N–H and O–H groups in total. The van der Waals surface area contributed by atoms with Crippen LogP contribution in [-0.4, -0.2) is 8.75 Å². The van der Waals surface area contributed by atoms with Gasteiger partial charge in [-0.1, -0.05) is 32.9 Å². The average Bonchev–Trinajstić information content (AvgIpc) is 2.49. The van der Waals surface area contributed by atoms with Crippen molar-refractivity contribution in [2.24, 2.45) is 5.41 Å². The fourth-order valence-electron chi connectivity index (χ4n) is 1.58. The van der Waals surface area contributed by atoms with Crippen molar-refractivity contribution in [3.8, 4) is 0 Å². The second-order valence-corrected chi connectivity index (χ2v) is 5.31. The summed E-state index contributed by atoms with van der Waals surface area (Å²) in [6.07, 6.45) is 1.05. The van der Waals surface area contributed by atoms with E-state index in [4.69, 9.17) is 0 Å². The summed E-state index contributed by atoms with van der Waals surface area (Å²) in [5.41, 5.74) is 3.71. The molecule has 1 aromatic carbocycles. The van der Waals surface area contributed by atoms with Gasteiger partial charge in [0.15, 0.2) is 0 Å². The molecule has 0 radical (unpaired) electrons. The standard InChI is InChI=1S/C11H14N2S/c1-11(2,3)7-8-5-4-6-9-10(8)13-14-12-9/h4-6H,7H2,1-3H3.